The standard InChI is InChI=1S/C17H24N4O2.2ClH/c1-11(18)12-4-6-21(7-5-12)17-13-8-15(22-2)16(23-3)9-14(13)19-10-20-17;;/h8-12H,4-7,18H2,1-3H3;2*1H. The van der Waals surface area contributed by atoms with Crippen LogP contribution in [0.25, 0.3) is 10.9 Å². The molecule has 2 N–H and O–H groups in total. The number of hydrogen-bond donors (Lipinski definition) is 1. The molecule has 6 nitrogen and oxygen atoms in total. The van der Waals surface area contributed by atoms with Gasteiger partial charge in [-0.2, -0.15) is 0 Å². The third kappa shape index (κ3) is 4.37. The van der Waals surface area contributed by atoms with Gasteiger partial charge >= 0.3 is 0 Å². The van der Waals surface area contributed by atoms with E-state index in [0.29, 0.717) is 17.4 Å². The van der Waals surface area contributed by atoms with Gasteiger partial charge in [0.15, 0.2) is 11.5 Å². The molecule has 0 aliphatic carbocycles. The van der Waals surface area contributed by atoms with E-state index in [0.717, 1.165) is 42.7 Å². The first kappa shape index (κ1) is 21.5. The highest BCUT2D eigenvalue weighted by molar-refractivity contribution is 5.92. The van der Waals surface area contributed by atoms with Crippen LogP contribution < -0.4 is 20.1 Å². The molecule has 3 rings (SSSR count). The monoisotopic (exact) mass is 388 g/mol. The van der Waals surface area contributed by atoms with Gasteiger partial charge in [0.05, 0.1) is 19.7 Å². The number of benzene rings is 1. The SMILES string of the molecule is COc1cc2ncnc(N3CCC(C(C)N)CC3)c2cc1OC.Cl.Cl. The van der Waals surface area contributed by atoms with Crippen molar-refractivity contribution < 1.29 is 9.47 Å². The number of nitrogens with zero attached hydrogens (tertiary/aromatic N) is 3. The van der Waals surface area contributed by atoms with Crippen molar-refractivity contribution in [2.75, 3.05) is 32.2 Å². The van der Waals surface area contributed by atoms with Crippen LogP contribution in [0.1, 0.15) is 19.8 Å². The van der Waals surface area contributed by atoms with Gasteiger partial charge in [0, 0.05) is 30.6 Å². The van der Waals surface area contributed by atoms with Gasteiger partial charge in [0.2, 0.25) is 0 Å². The Morgan fingerprint density at radius 1 is 1.08 bits per heavy atom. The molecule has 25 heavy (non-hydrogen) atoms. The van der Waals surface area contributed by atoms with E-state index in [9.17, 15) is 0 Å². The van der Waals surface area contributed by atoms with Gasteiger partial charge in [-0.15, -0.1) is 24.8 Å². The number of fused-ring (bicyclic) bond motifs is 1. The normalized spacial score (nSPS) is 15.9. The lowest BCUT2D eigenvalue weighted by Gasteiger charge is -2.34. The van der Waals surface area contributed by atoms with Gasteiger partial charge in [-0.1, -0.05) is 0 Å². The van der Waals surface area contributed by atoms with Crippen molar-refractivity contribution >= 4 is 41.5 Å². The second-order valence-corrected chi connectivity index (χ2v) is 6.11. The molecule has 2 heterocycles. The molecule has 8 heteroatoms. The fraction of sp³-hybridized carbons (Fsp3) is 0.529. The Kier molecular flexibility index (Phi) is 7.99. The summed E-state index contributed by atoms with van der Waals surface area (Å²) in [6.07, 6.45) is 3.80. The molecule has 1 atom stereocenters. The molecule has 140 valence electrons. The highest BCUT2D eigenvalue weighted by Crippen LogP contribution is 2.35. The molecule has 1 aromatic carbocycles. The molecule has 1 fully saturated rings. The summed E-state index contributed by atoms with van der Waals surface area (Å²) in [7, 11) is 3.27. The summed E-state index contributed by atoms with van der Waals surface area (Å²) >= 11 is 0. The van der Waals surface area contributed by atoms with Gasteiger partial charge in [-0.05, 0) is 31.7 Å². The second kappa shape index (κ2) is 9.27. The number of anilines is 1. The maximum Gasteiger partial charge on any atom is 0.162 e. The number of ether oxygens (including phenoxy) is 2. The van der Waals surface area contributed by atoms with Crippen LogP contribution in [0.3, 0.4) is 0 Å². The minimum Gasteiger partial charge on any atom is -0.493 e. The van der Waals surface area contributed by atoms with E-state index in [4.69, 9.17) is 15.2 Å². The van der Waals surface area contributed by atoms with Gasteiger partial charge in [0.25, 0.3) is 0 Å². The van der Waals surface area contributed by atoms with Crippen LogP contribution in [0.2, 0.25) is 0 Å². The molecule has 0 radical (unpaired) electrons. The Hall–Kier alpha value is -1.50. The predicted molar refractivity (Wildman–Crippen MR) is 106 cm³/mol. The van der Waals surface area contributed by atoms with E-state index in [2.05, 4.69) is 21.8 Å². The summed E-state index contributed by atoms with van der Waals surface area (Å²) in [5.41, 5.74) is 6.90. The van der Waals surface area contributed by atoms with E-state index in [-0.39, 0.29) is 30.9 Å². The Morgan fingerprint density at radius 3 is 2.24 bits per heavy atom. The summed E-state index contributed by atoms with van der Waals surface area (Å²) in [6, 6.07) is 4.11. The first-order valence-electron chi connectivity index (χ1n) is 8.01. The average Bonchev–Trinajstić information content (AvgIpc) is 2.60. The molecular formula is C17H26Cl2N4O2. The molecular weight excluding hydrogens is 363 g/mol. The zero-order valence-electron chi connectivity index (χ0n) is 14.8. The summed E-state index contributed by atoms with van der Waals surface area (Å²) in [4.78, 5) is 11.2. The lowest BCUT2D eigenvalue weighted by molar-refractivity contribution is 0.353. The quantitative estimate of drug-likeness (QED) is 0.867. The minimum atomic E-state index is 0. The van der Waals surface area contributed by atoms with E-state index in [1.54, 1.807) is 20.5 Å². The van der Waals surface area contributed by atoms with E-state index in [1.807, 2.05) is 12.1 Å². The van der Waals surface area contributed by atoms with Crippen molar-refractivity contribution in [3.8, 4) is 11.5 Å². The Morgan fingerprint density at radius 2 is 1.68 bits per heavy atom. The van der Waals surface area contributed by atoms with Crippen molar-refractivity contribution in [2.24, 2.45) is 11.7 Å². The molecule has 1 unspecified atom stereocenters. The second-order valence-electron chi connectivity index (χ2n) is 6.11. The van der Waals surface area contributed by atoms with Crippen LogP contribution in [-0.4, -0.2) is 43.3 Å². The summed E-state index contributed by atoms with van der Waals surface area (Å²) < 4.78 is 10.8. The summed E-state index contributed by atoms with van der Waals surface area (Å²) in [6.45, 7) is 4.02. The molecule has 1 aliphatic heterocycles. The smallest absolute Gasteiger partial charge is 0.162 e. The Labute approximate surface area is 160 Å². The topological polar surface area (TPSA) is 73.5 Å². The number of nitrogens with two attached hydrogens (primary N) is 1. The fourth-order valence-corrected chi connectivity index (χ4v) is 3.26. The zero-order valence-corrected chi connectivity index (χ0v) is 16.4. The Bertz CT molecular complexity index is 692. The number of rotatable bonds is 4. The highest BCUT2D eigenvalue weighted by atomic mass is 35.5. The van der Waals surface area contributed by atoms with Crippen LogP contribution in [0, 0.1) is 5.92 Å². The largest absolute Gasteiger partial charge is 0.493 e. The van der Waals surface area contributed by atoms with Crippen molar-refractivity contribution in [3.05, 3.63) is 18.5 Å². The van der Waals surface area contributed by atoms with Crippen LogP contribution in [0.5, 0.6) is 11.5 Å². The van der Waals surface area contributed by atoms with E-state index < -0.39 is 0 Å². The van der Waals surface area contributed by atoms with Crippen molar-refractivity contribution in [2.45, 2.75) is 25.8 Å². The summed E-state index contributed by atoms with van der Waals surface area (Å²) in [5.74, 6) is 2.93. The molecule has 1 aromatic heterocycles. The fourth-order valence-electron chi connectivity index (χ4n) is 3.26. The van der Waals surface area contributed by atoms with E-state index in [1.165, 1.54) is 0 Å². The van der Waals surface area contributed by atoms with Crippen LogP contribution >= 0.6 is 24.8 Å². The number of hydrogen-bond acceptors (Lipinski definition) is 6. The van der Waals surface area contributed by atoms with Crippen LogP contribution in [0.4, 0.5) is 5.82 Å². The third-order valence-electron chi connectivity index (χ3n) is 4.70. The highest BCUT2D eigenvalue weighted by Gasteiger charge is 2.24. The van der Waals surface area contributed by atoms with Crippen molar-refractivity contribution in [1.29, 1.82) is 0 Å². The molecule has 0 bridgehead atoms. The third-order valence-corrected chi connectivity index (χ3v) is 4.70. The lowest BCUT2D eigenvalue weighted by Crippen LogP contribution is -2.40. The lowest BCUT2D eigenvalue weighted by atomic mass is 9.91. The molecule has 0 amide bonds. The van der Waals surface area contributed by atoms with E-state index >= 15 is 0 Å². The number of piperidine rings is 1. The number of halogens is 2. The van der Waals surface area contributed by atoms with Gasteiger partial charge in [-0.3, -0.25) is 0 Å². The van der Waals surface area contributed by atoms with Gasteiger partial charge < -0.3 is 20.1 Å². The molecule has 2 aromatic rings. The van der Waals surface area contributed by atoms with Crippen molar-refractivity contribution in [1.82, 2.24) is 9.97 Å². The van der Waals surface area contributed by atoms with Crippen LogP contribution in [-0.2, 0) is 0 Å². The van der Waals surface area contributed by atoms with Gasteiger partial charge in [-0.25, -0.2) is 9.97 Å². The maximum absolute atomic E-state index is 6.04. The first-order valence-corrected chi connectivity index (χ1v) is 8.01. The number of methoxy groups -OCH3 is 2. The molecule has 0 saturated carbocycles. The average molecular weight is 389 g/mol. The van der Waals surface area contributed by atoms with Crippen LogP contribution in [0.15, 0.2) is 18.5 Å². The van der Waals surface area contributed by atoms with Gasteiger partial charge in [0.1, 0.15) is 12.1 Å². The molecule has 1 saturated heterocycles. The maximum atomic E-state index is 6.04. The molecule has 1 aliphatic rings. The Balaban J connectivity index is 0.00000156. The summed E-state index contributed by atoms with van der Waals surface area (Å²) in [5, 5.41) is 0.990. The predicted octanol–water partition coefficient (Wildman–Crippen LogP) is 3.05. The molecule has 0 spiro atoms. The van der Waals surface area contributed by atoms with Crippen molar-refractivity contribution in [3.63, 3.8) is 0 Å². The first-order chi connectivity index (χ1) is 11.1. The minimum absolute atomic E-state index is 0. The number of aromatic nitrogens is 2. The zero-order chi connectivity index (χ0) is 16.4.